The maximum atomic E-state index is 6.65. The molecular weight excluding hydrogens is 526 g/mol. The summed E-state index contributed by atoms with van der Waals surface area (Å²) in [6.07, 6.45) is 16.0. The summed E-state index contributed by atoms with van der Waals surface area (Å²) in [7, 11) is 2.39. The number of rotatable bonds is 10. The van der Waals surface area contributed by atoms with Crippen LogP contribution in [0.5, 0.6) is 11.5 Å². The lowest BCUT2D eigenvalue weighted by atomic mass is 9.86. The molecule has 0 spiro atoms. The molecule has 0 amide bonds. The van der Waals surface area contributed by atoms with Crippen molar-refractivity contribution in [2.75, 3.05) is 0 Å². The van der Waals surface area contributed by atoms with Gasteiger partial charge in [-0.05, 0) is 134 Å². The number of hydrogen-bond donors (Lipinski definition) is 0. The molecule has 1 unspecified atom stereocenters. The van der Waals surface area contributed by atoms with E-state index in [-0.39, 0.29) is 5.60 Å². The molecule has 0 N–H and O–H groups in total. The van der Waals surface area contributed by atoms with Gasteiger partial charge in [0.15, 0.2) is 0 Å². The summed E-state index contributed by atoms with van der Waals surface area (Å²) in [6, 6.07) is 0. The summed E-state index contributed by atoms with van der Waals surface area (Å²) >= 11 is 2.41. The largest absolute Gasteiger partial charge is 0.487 e. The van der Waals surface area contributed by atoms with Crippen LogP contribution in [0.15, 0.2) is 34.9 Å². The lowest BCUT2D eigenvalue weighted by Crippen LogP contribution is -2.37. The highest BCUT2D eigenvalue weighted by atomic mass is 127. The second kappa shape index (κ2) is 12.6. The molecule has 178 valence electrons. The lowest BCUT2D eigenvalue weighted by Gasteiger charge is -2.38. The van der Waals surface area contributed by atoms with Gasteiger partial charge in [-0.2, -0.15) is 0 Å². The van der Waals surface area contributed by atoms with E-state index < -0.39 is 0 Å². The predicted octanol–water partition coefficient (Wildman–Crippen LogP) is 9.36. The first-order valence-corrected chi connectivity index (χ1v) is 13.4. The maximum absolute atomic E-state index is 6.65. The minimum atomic E-state index is -0.102. The molecule has 0 bridgehead atoms. The van der Waals surface area contributed by atoms with Crippen molar-refractivity contribution in [3.63, 3.8) is 0 Å². The Morgan fingerprint density at radius 3 is 2.19 bits per heavy atom. The van der Waals surface area contributed by atoms with Gasteiger partial charge in [-0.3, -0.25) is 0 Å². The fourth-order valence-corrected chi connectivity index (χ4v) is 5.88. The Kier molecular flexibility index (Phi) is 10.8. The van der Waals surface area contributed by atoms with Crippen molar-refractivity contribution in [1.29, 1.82) is 0 Å². The average molecular weight is 569 g/mol. The van der Waals surface area contributed by atoms with Crippen molar-refractivity contribution < 1.29 is 9.26 Å². The van der Waals surface area contributed by atoms with Crippen LogP contribution in [0.4, 0.5) is 0 Å². The summed E-state index contributed by atoms with van der Waals surface area (Å²) in [5, 5.41) is 0. The Morgan fingerprint density at radius 1 is 1.00 bits per heavy atom. The number of benzene rings is 1. The third kappa shape index (κ3) is 7.62. The molecule has 0 saturated heterocycles. The average Bonchev–Trinajstić information content (AvgIpc) is 2.72. The van der Waals surface area contributed by atoms with E-state index in [0.29, 0.717) is 0 Å². The fraction of sp³-hybridized carbons (Fsp3) is 0.571. The first-order chi connectivity index (χ1) is 15.1. The molecule has 1 aromatic rings. The zero-order valence-corrected chi connectivity index (χ0v) is 24.5. The van der Waals surface area contributed by atoms with Gasteiger partial charge in [0, 0.05) is 5.56 Å². The molecule has 0 aliphatic carbocycles. The summed E-state index contributed by atoms with van der Waals surface area (Å²) in [5.74, 6) is 2.06. The Balaban J connectivity index is 1.91. The van der Waals surface area contributed by atoms with Crippen LogP contribution in [0.3, 0.4) is 0 Å². The minimum absolute atomic E-state index is 0.102. The third-order valence-corrected chi connectivity index (χ3v) is 8.02. The van der Waals surface area contributed by atoms with E-state index in [1.165, 1.54) is 43.4 Å². The van der Waals surface area contributed by atoms with Gasteiger partial charge in [0.2, 0.25) is 0 Å². The molecule has 4 heteroatoms. The molecule has 2 nitrogen and oxygen atoms in total. The van der Waals surface area contributed by atoms with Crippen LogP contribution in [0.1, 0.15) is 96.3 Å². The number of halogens is 1. The van der Waals surface area contributed by atoms with Gasteiger partial charge < -0.3 is 9.26 Å². The number of allylic oxidation sites excluding steroid dienone is 6. The first kappa shape index (κ1) is 27.4. The van der Waals surface area contributed by atoms with Crippen LogP contribution < -0.4 is 9.26 Å². The van der Waals surface area contributed by atoms with E-state index in [4.69, 9.17) is 9.26 Å². The van der Waals surface area contributed by atoms with Gasteiger partial charge in [-0.15, -0.1) is 0 Å². The van der Waals surface area contributed by atoms with Crippen molar-refractivity contribution in [2.45, 2.75) is 105 Å². The van der Waals surface area contributed by atoms with Crippen LogP contribution in [0, 0.1) is 17.4 Å². The van der Waals surface area contributed by atoms with E-state index in [1.54, 1.807) is 0 Å². The molecule has 0 aromatic heterocycles. The normalized spacial score (nSPS) is 18.8. The Morgan fingerprint density at radius 2 is 1.59 bits per heavy atom. The van der Waals surface area contributed by atoms with Crippen LogP contribution >= 0.6 is 32.1 Å². The van der Waals surface area contributed by atoms with Crippen LogP contribution in [0.25, 0.3) is 0 Å². The monoisotopic (exact) mass is 568 g/mol. The minimum Gasteiger partial charge on any atom is -0.487 e. The molecular formula is C28H42IO2P. The Hall–Kier alpha value is -0.800. The molecule has 0 radical (unpaired) electrons. The molecule has 32 heavy (non-hydrogen) atoms. The molecule has 1 aromatic carbocycles. The van der Waals surface area contributed by atoms with Gasteiger partial charge in [-0.25, -0.2) is 0 Å². The van der Waals surface area contributed by atoms with E-state index >= 15 is 0 Å². The second-order valence-corrected chi connectivity index (χ2v) is 11.2. The topological polar surface area (TPSA) is 18.5 Å². The van der Waals surface area contributed by atoms with Crippen LogP contribution in [0.2, 0.25) is 0 Å². The maximum Gasteiger partial charge on any atom is 0.139 e. The molecule has 2 atom stereocenters. The Bertz CT molecular complexity index is 893. The highest BCUT2D eigenvalue weighted by molar-refractivity contribution is 14.1. The number of hydrogen-bond acceptors (Lipinski definition) is 2. The summed E-state index contributed by atoms with van der Waals surface area (Å²) in [6.45, 7) is 15.4. The van der Waals surface area contributed by atoms with Crippen LogP contribution in [-0.4, -0.2) is 5.60 Å². The van der Waals surface area contributed by atoms with E-state index in [2.05, 4.69) is 98.8 Å². The number of ether oxygens (including phenoxy) is 1. The SMILES string of the molecule is CC(C)=CCC/C(C)=C/CC/C(C)=C/CC[C@]1(C)CCc2c(I)c(OP)c(C)c(C)c2O1. The van der Waals surface area contributed by atoms with Crippen molar-refractivity contribution in [3.05, 3.63) is 55.2 Å². The molecule has 2 rings (SSSR count). The van der Waals surface area contributed by atoms with Gasteiger partial charge in [0.25, 0.3) is 0 Å². The zero-order chi connectivity index (χ0) is 23.9. The van der Waals surface area contributed by atoms with E-state index in [1.807, 2.05) is 0 Å². The highest BCUT2D eigenvalue weighted by Gasteiger charge is 2.34. The predicted molar refractivity (Wildman–Crippen MR) is 151 cm³/mol. The molecule has 1 aliphatic heterocycles. The lowest BCUT2D eigenvalue weighted by molar-refractivity contribution is 0.0558. The molecule has 0 saturated carbocycles. The van der Waals surface area contributed by atoms with E-state index in [0.717, 1.165) is 56.4 Å². The quantitative estimate of drug-likeness (QED) is 0.159. The van der Waals surface area contributed by atoms with Gasteiger partial charge >= 0.3 is 0 Å². The van der Waals surface area contributed by atoms with Gasteiger partial charge in [-0.1, -0.05) is 34.9 Å². The summed E-state index contributed by atoms with van der Waals surface area (Å²) in [4.78, 5) is 0. The Labute approximate surface area is 212 Å². The van der Waals surface area contributed by atoms with Crippen molar-refractivity contribution in [3.8, 4) is 11.5 Å². The molecule has 0 fully saturated rings. The van der Waals surface area contributed by atoms with Crippen molar-refractivity contribution in [2.24, 2.45) is 0 Å². The summed E-state index contributed by atoms with van der Waals surface area (Å²) in [5.41, 5.74) is 8.00. The molecule has 1 heterocycles. The van der Waals surface area contributed by atoms with Crippen LogP contribution in [-0.2, 0) is 6.42 Å². The smallest absolute Gasteiger partial charge is 0.139 e. The van der Waals surface area contributed by atoms with Gasteiger partial charge in [0.1, 0.15) is 17.1 Å². The van der Waals surface area contributed by atoms with Gasteiger partial charge in [0.05, 0.1) is 13.0 Å². The summed E-state index contributed by atoms with van der Waals surface area (Å²) < 4.78 is 13.4. The standard InChI is InChI=1S/C28H42IO2P/c1-19(2)11-8-12-20(3)13-9-14-21(4)15-10-17-28(7)18-16-24-25(29)27(31-32)23(6)22(5)26(24)30-28/h11,13,15H,8-10,12,14,16-18,32H2,1-7H3/b20-13+,21-15+/t28-/m1/s1. The van der Waals surface area contributed by atoms with Crippen molar-refractivity contribution in [1.82, 2.24) is 0 Å². The second-order valence-electron chi connectivity index (χ2n) is 9.87. The fourth-order valence-electron chi connectivity index (χ4n) is 4.30. The van der Waals surface area contributed by atoms with E-state index in [9.17, 15) is 0 Å². The molecule has 1 aliphatic rings. The number of fused-ring (bicyclic) bond motifs is 1. The highest BCUT2D eigenvalue weighted by Crippen LogP contribution is 2.45. The van der Waals surface area contributed by atoms with Crippen molar-refractivity contribution >= 4 is 32.1 Å². The third-order valence-electron chi connectivity index (χ3n) is 6.64. The zero-order valence-electron chi connectivity index (χ0n) is 21.2. The first-order valence-electron chi connectivity index (χ1n) is 11.9.